The minimum absolute atomic E-state index is 0.0965. The molecule has 7 heteroatoms. The van der Waals surface area contributed by atoms with E-state index in [2.05, 4.69) is 0 Å². The van der Waals surface area contributed by atoms with Crippen LogP contribution < -0.4 is 0 Å². The van der Waals surface area contributed by atoms with Gasteiger partial charge in [-0.2, -0.15) is 8.42 Å². The number of hydrogen-bond acceptors (Lipinski definition) is 4. The van der Waals surface area contributed by atoms with Crippen molar-refractivity contribution in [1.29, 1.82) is 0 Å². The van der Waals surface area contributed by atoms with Gasteiger partial charge in [-0.05, 0) is 12.0 Å². The summed E-state index contributed by atoms with van der Waals surface area (Å²) >= 11 is 0.939. The molecular formula is C11H13NO4S2. The second-order valence-corrected chi connectivity index (χ2v) is 6.80. The van der Waals surface area contributed by atoms with E-state index in [9.17, 15) is 13.2 Å². The summed E-state index contributed by atoms with van der Waals surface area (Å²) in [5.41, 5.74) is 1.02. The van der Waals surface area contributed by atoms with Crippen LogP contribution in [-0.2, 0) is 21.3 Å². The second-order valence-electron chi connectivity index (χ2n) is 3.96. The van der Waals surface area contributed by atoms with Crippen molar-refractivity contribution in [3.8, 4) is 0 Å². The number of amides is 1. The van der Waals surface area contributed by atoms with Gasteiger partial charge in [0.15, 0.2) is 0 Å². The lowest BCUT2D eigenvalue weighted by molar-refractivity contribution is -0.127. The zero-order chi connectivity index (χ0) is 13.2. The summed E-state index contributed by atoms with van der Waals surface area (Å²) in [7, 11) is -4.22. The van der Waals surface area contributed by atoms with Crippen LogP contribution in [0.4, 0.5) is 0 Å². The third-order valence-electron chi connectivity index (χ3n) is 2.66. The minimum Gasteiger partial charge on any atom is -0.314 e. The molecular weight excluding hydrogens is 274 g/mol. The summed E-state index contributed by atoms with van der Waals surface area (Å²) < 4.78 is 30.2. The Morgan fingerprint density at radius 1 is 1.33 bits per heavy atom. The van der Waals surface area contributed by atoms with Gasteiger partial charge in [0.1, 0.15) is 0 Å². The van der Waals surface area contributed by atoms with Crippen molar-refractivity contribution >= 4 is 27.8 Å². The molecule has 1 unspecified atom stereocenters. The first kappa shape index (κ1) is 13.4. The Labute approximate surface area is 110 Å². The van der Waals surface area contributed by atoms with Gasteiger partial charge in [0, 0.05) is 6.54 Å². The van der Waals surface area contributed by atoms with E-state index in [1.807, 2.05) is 30.3 Å². The highest BCUT2D eigenvalue weighted by Gasteiger charge is 2.39. The van der Waals surface area contributed by atoms with Crippen LogP contribution in [0.25, 0.3) is 0 Å². The molecule has 18 heavy (non-hydrogen) atoms. The predicted octanol–water partition coefficient (Wildman–Crippen LogP) is 0.976. The van der Waals surface area contributed by atoms with Crippen LogP contribution >= 0.6 is 11.8 Å². The Morgan fingerprint density at radius 2 is 2.00 bits per heavy atom. The van der Waals surface area contributed by atoms with E-state index in [-0.39, 0.29) is 11.7 Å². The molecule has 1 N–H and O–H groups in total. The summed E-state index contributed by atoms with van der Waals surface area (Å²) in [6, 6.07) is 9.49. The molecule has 0 radical (unpaired) electrons. The smallest absolute Gasteiger partial charge is 0.296 e. The number of carbonyl (C=O) groups excluding carboxylic acids is 1. The molecule has 1 aromatic carbocycles. The molecule has 0 bridgehead atoms. The normalized spacial score (nSPS) is 20.4. The third-order valence-corrected chi connectivity index (χ3v) is 5.52. The molecule has 0 aliphatic carbocycles. The first-order valence-corrected chi connectivity index (χ1v) is 7.95. The average molecular weight is 287 g/mol. The Bertz CT molecular complexity index is 529. The number of rotatable bonds is 4. The first-order chi connectivity index (χ1) is 8.48. The number of thioether (sulfide) groups is 1. The minimum atomic E-state index is -4.22. The Kier molecular flexibility index (Phi) is 3.94. The fourth-order valence-electron chi connectivity index (χ4n) is 1.80. The van der Waals surface area contributed by atoms with Gasteiger partial charge in [0.2, 0.25) is 10.6 Å². The molecule has 1 fully saturated rings. The summed E-state index contributed by atoms with van der Waals surface area (Å²) in [6.45, 7) is 0.292. The molecule has 1 aliphatic heterocycles. The van der Waals surface area contributed by atoms with E-state index in [1.165, 1.54) is 4.90 Å². The van der Waals surface area contributed by atoms with Gasteiger partial charge in [-0.1, -0.05) is 30.3 Å². The lowest BCUT2D eigenvalue weighted by Gasteiger charge is -2.21. The van der Waals surface area contributed by atoms with E-state index in [4.69, 9.17) is 4.55 Å². The molecule has 1 aliphatic rings. The third kappa shape index (κ3) is 3.04. The monoisotopic (exact) mass is 287 g/mol. The van der Waals surface area contributed by atoms with Gasteiger partial charge >= 0.3 is 0 Å². The van der Waals surface area contributed by atoms with Crippen LogP contribution in [0.2, 0.25) is 0 Å². The van der Waals surface area contributed by atoms with Crippen LogP contribution in [0.5, 0.6) is 0 Å². The van der Waals surface area contributed by atoms with Crippen molar-refractivity contribution in [3.05, 3.63) is 35.9 Å². The van der Waals surface area contributed by atoms with Crippen LogP contribution in [0.15, 0.2) is 30.3 Å². The van der Waals surface area contributed by atoms with Gasteiger partial charge in [-0.3, -0.25) is 9.35 Å². The van der Waals surface area contributed by atoms with Crippen LogP contribution in [0, 0.1) is 0 Å². The fourth-order valence-corrected chi connectivity index (χ4v) is 4.09. The summed E-state index contributed by atoms with van der Waals surface area (Å²) in [4.78, 5) is 12.8. The Morgan fingerprint density at radius 3 is 2.61 bits per heavy atom. The Balaban J connectivity index is 2.05. The molecule has 1 atom stereocenters. The highest BCUT2D eigenvalue weighted by Crippen LogP contribution is 2.28. The molecule has 0 aromatic heterocycles. The maximum atomic E-state index is 11.6. The zero-order valence-electron chi connectivity index (χ0n) is 9.52. The fraction of sp³-hybridized carbons (Fsp3) is 0.364. The van der Waals surface area contributed by atoms with Gasteiger partial charge in [0.05, 0.1) is 5.75 Å². The van der Waals surface area contributed by atoms with Crippen molar-refractivity contribution in [2.45, 2.75) is 11.1 Å². The lowest BCUT2D eigenvalue weighted by atomic mass is 10.1. The van der Waals surface area contributed by atoms with E-state index in [0.29, 0.717) is 13.0 Å². The predicted molar refractivity (Wildman–Crippen MR) is 69.7 cm³/mol. The molecule has 2 rings (SSSR count). The van der Waals surface area contributed by atoms with Crippen LogP contribution in [-0.4, -0.2) is 40.8 Å². The standard InChI is InChI=1S/C11H13NO4S2/c13-10-8-17-11(18(14,15)16)12(10)7-6-9-4-2-1-3-5-9/h1-5,11H,6-8H2,(H,14,15,16). The number of nitrogens with zero attached hydrogens (tertiary/aromatic N) is 1. The zero-order valence-corrected chi connectivity index (χ0v) is 11.2. The quantitative estimate of drug-likeness (QED) is 0.835. The van der Waals surface area contributed by atoms with Gasteiger partial charge in [-0.25, -0.2) is 0 Å². The second kappa shape index (κ2) is 5.29. The highest BCUT2D eigenvalue weighted by atomic mass is 32.3. The van der Waals surface area contributed by atoms with E-state index in [1.54, 1.807) is 0 Å². The molecule has 1 saturated heterocycles. The molecule has 0 saturated carbocycles. The molecule has 1 aromatic rings. The van der Waals surface area contributed by atoms with Crippen molar-refractivity contribution in [1.82, 2.24) is 4.90 Å². The van der Waals surface area contributed by atoms with Crippen molar-refractivity contribution < 1.29 is 17.8 Å². The largest absolute Gasteiger partial charge is 0.314 e. The average Bonchev–Trinajstić information content (AvgIpc) is 2.69. The topological polar surface area (TPSA) is 74.7 Å². The lowest BCUT2D eigenvalue weighted by Crippen LogP contribution is -2.38. The van der Waals surface area contributed by atoms with E-state index in [0.717, 1.165) is 17.3 Å². The molecule has 1 amide bonds. The van der Waals surface area contributed by atoms with Crippen LogP contribution in [0.3, 0.4) is 0 Å². The maximum Gasteiger partial charge on any atom is 0.296 e. The number of benzene rings is 1. The summed E-state index contributed by atoms with van der Waals surface area (Å²) in [6.07, 6.45) is 0.569. The highest BCUT2D eigenvalue weighted by molar-refractivity contribution is 8.12. The maximum absolute atomic E-state index is 11.6. The molecule has 1 heterocycles. The SMILES string of the molecule is O=C1CSC(S(=O)(=O)O)N1CCc1ccccc1. The van der Waals surface area contributed by atoms with E-state index >= 15 is 0 Å². The summed E-state index contributed by atoms with van der Waals surface area (Å²) in [5.74, 6) is -0.155. The summed E-state index contributed by atoms with van der Waals surface area (Å²) in [5, 5.41) is 0. The van der Waals surface area contributed by atoms with Crippen molar-refractivity contribution in [3.63, 3.8) is 0 Å². The molecule has 5 nitrogen and oxygen atoms in total. The van der Waals surface area contributed by atoms with Crippen molar-refractivity contribution in [2.75, 3.05) is 12.3 Å². The van der Waals surface area contributed by atoms with Crippen LogP contribution in [0.1, 0.15) is 5.56 Å². The van der Waals surface area contributed by atoms with Gasteiger partial charge in [-0.15, -0.1) is 11.8 Å². The van der Waals surface area contributed by atoms with E-state index < -0.39 is 14.8 Å². The van der Waals surface area contributed by atoms with Gasteiger partial charge in [0.25, 0.3) is 10.1 Å². The number of hydrogen-bond donors (Lipinski definition) is 1. The van der Waals surface area contributed by atoms with Gasteiger partial charge < -0.3 is 4.90 Å². The molecule has 0 spiro atoms. The first-order valence-electron chi connectivity index (χ1n) is 5.40. The number of carbonyl (C=O) groups is 1. The molecule has 98 valence electrons. The van der Waals surface area contributed by atoms with Crippen molar-refractivity contribution in [2.24, 2.45) is 0 Å². The Hall–Kier alpha value is -1.05.